The Morgan fingerprint density at radius 3 is 2.39 bits per heavy atom. The van der Waals surface area contributed by atoms with Crippen molar-refractivity contribution in [3.63, 3.8) is 0 Å². The van der Waals surface area contributed by atoms with Crippen molar-refractivity contribution in [1.29, 1.82) is 0 Å². The van der Waals surface area contributed by atoms with Crippen molar-refractivity contribution < 1.29 is 9.53 Å². The Balaban J connectivity index is 2.53. The Bertz CT molecular complexity index is 383. The van der Waals surface area contributed by atoms with Gasteiger partial charge in [-0.1, -0.05) is 26.2 Å². The molecule has 23 heavy (non-hydrogen) atoms. The number of rotatable bonds is 5. The van der Waals surface area contributed by atoms with Crippen LogP contribution in [-0.4, -0.2) is 48.2 Å². The number of nitrogens with two attached hydrogens (primary N) is 1. The minimum Gasteiger partial charge on any atom is -0.444 e. The van der Waals surface area contributed by atoms with Gasteiger partial charge in [-0.05, 0) is 40.0 Å². The lowest BCUT2D eigenvalue weighted by Gasteiger charge is -2.24. The number of carbonyl (C=O) groups excluding carboxylic acids is 1. The number of nitrogens with zero attached hydrogens (tertiary/aromatic N) is 2. The molecule has 0 aliphatic carbocycles. The molecule has 1 heterocycles. The van der Waals surface area contributed by atoms with E-state index in [2.05, 4.69) is 22.1 Å². The summed E-state index contributed by atoms with van der Waals surface area (Å²) in [6.45, 7) is 10.1. The van der Waals surface area contributed by atoms with E-state index in [0.717, 1.165) is 25.9 Å². The first-order chi connectivity index (χ1) is 10.8. The highest BCUT2D eigenvalue weighted by atomic mass is 16.6. The number of hydrogen-bond acceptors (Lipinski definition) is 3. The van der Waals surface area contributed by atoms with E-state index in [1.165, 1.54) is 25.7 Å². The minimum atomic E-state index is -0.491. The molecule has 0 radical (unpaired) electrons. The van der Waals surface area contributed by atoms with Crippen molar-refractivity contribution in [2.24, 2.45) is 10.7 Å². The van der Waals surface area contributed by atoms with Gasteiger partial charge in [0.2, 0.25) is 0 Å². The van der Waals surface area contributed by atoms with E-state index in [0.29, 0.717) is 12.5 Å². The van der Waals surface area contributed by atoms with Gasteiger partial charge in [0.25, 0.3) is 0 Å². The van der Waals surface area contributed by atoms with Gasteiger partial charge < -0.3 is 20.7 Å². The smallest absolute Gasteiger partial charge is 0.407 e. The van der Waals surface area contributed by atoms with Gasteiger partial charge in [0.05, 0.1) is 12.6 Å². The summed E-state index contributed by atoms with van der Waals surface area (Å²) in [6.07, 6.45) is 6.32. The number of carbonyl (C=O) groups is 1. The van der Waals surface area contributed by atoms with Gasteiger partial charge in [0.15, 0.2) is 5.96 Å². The van der Waals surface area contributed by atoms with Crippen LogP contribution in [0.25, 0.3) is 0 Å². The molecule has 3 N–H and O–H groups in total. The molecule has 1 aliphatic rings. The molecule has 0 aromatic heterocycles. The van der Waals surface area contributed by atoms with Crippen molar-refractivity contribution in [2.45, 2.75) is 77.9 Å². The van der Waals surface area contributed by atoms with Gasteiger partial charge in [0.1, 0.15) is 5.60 Å². The first-order valence-electron chi connectivity index (χ1n) is 8.86. The van der Waals surface area contributed by atoms with Crippen LogP contribution in [0.3, 0.4) is 0 Å². The maximum atomic E-state index is 11.9. The normalized spacial score (nSPS) is 18.3. The summed E-state index contributed by atoms with van der Waals surface area (Å²) in [4.78, 5) is 18.6. The van der Waals surface area contributed by atoms with Crippen molar-refractivity contribution in [3.05, 3.63) is 0 Å². The highest BCUT2D eigenvalue weighted by Gasteiger charge is 2.19. The molecule has 0 spiro atoms. The molecule has 0 aromatic carbocycles. The molecular formula is C17H34N4O2. The second kappa shape index (κ2) is 9.63. The van der Waals surface area contributed by atoms with E-state index in [9.17, 15) is 4.79 Å². The average Bonchev–Trinajstić information content (AvgIpc) is 2.71. The molecule has 1 rings (SSSR count). The van der Waals surface area contributed by atoms with Gasteiger partial charge in [0, 0.05) is 13.1 Å². The second-order valence-electron chi connectivity index (χ2n) is 7.23. The Labute approximate surface area is 140 Å². The molecule has 0 saturated carbocycles. The quantitative estimate of drug-likeness (QED) is 0.601. The van der Waals surface area contributed by atoms with Crippen LogP contribution in [0.2, 0.25) is 0 Å². The zero-order chi connectivity index (χ0) is 17.3. The number of nitrogens with one attached hydrogen (secondary N) is 1. The molecule has 0 bridgehead atoms. The number of hydrogen-bond donors (Lipinski definition) is 2. The lowest BCUT2D eigenvalue weighted by molar-refractivity contribution is 0.0503. The summed E-state index contributed by atoms with van der Waals surface area (Å²) in [5.74, 6) is 0.596. The fraction of sp³-hybridized carbons (Fsp3) is 0.882. The molecule has 1 aliphatic heterocycles. The number of aliphatic imine (C=N–C) groups is 1. The third-order valence-corrected chi connectivity index (χ3v) is 3.76. The summed E-state index contributed by atoms with van der Waals surface area (Å²) in [5, 5.41) is 2.90. The van der Waals surface area contributed by atoms with Crippen molar-refractivity contribution in [2.75, 3.05) is 19.6 Å². The van der Waals surface area contributed by atoms with Crippen LogP contribution in [0.1, 0.15) is 66.2 Å². The number of likely N-dealkylation sites (tertiary alicyclic amines) is 1. The molecule has 1 atom stereocenters. The number of alkyl carbamates (subject to hydrolysis) is 1. The standard InChI is InChI=1S/C17H34N4O2/c1-5-10-14(20-16(22)23-17(2,3)4)13-19-15(18)21-11-8-6-7-9-12-21/h14H,5-13H2,1-4H3,(H2,18,19)(H,20,22). The van der Waals surface area contributed by atoms with Crippen LogP contribution in [0.15, 0.2) is 4.99 Å². The largest absolute Gasteiger partial charge is 0.444 e. The predicted molar refractivity (Wildman–Crippen MR) is 94.6 cm³/mol. The van der Waals surface area contributed by atoms with E-state index in [4.69, 9.17) is 10.5 Å². The SMILES string of the molecule is CCCC(CN=C(N)N1CCCCCC1)NC(=O)OC(C)(C)C. The fourth-order valence-electron chi connectivity index (χ4n) is 2.64. The Hall–Kier alpha value is -1.46. The van der Waals surface area contributed by atoms with Gasteiger partial charge in [-0.25, -0.2) is 4.79 Å². The molecule has 1 unspecified atom stereocenters. The predicted octanol–water partition coefficient (Wildman–Crippen LogP) is 2.87. The van der Waals surface area contributed by atoms with Gasteiger partial charge >= 0.3 is 6.09 Å². The zero-order valence-corrected chi connectivity index (χ0v) is 15.2. The van der Waals surface area contributed by atoms with Crippen LogP contribution in [0.4, 0.5) is 4.79 Å². The molecule has 134 valence electrons. The first kappa shape index (κ1) is 19.6. The van der Waals surface area contributed by atoms with Gasteiger partial charge in [-0.3, -0.25) is 4.99 Å². The number of guanidine groups is 1. The first-order valence-corrected chi connectivity index (χ1v) is 8.86. The highest BCUT2D eigenvalue weighted by Crippen LogP contribution is 2.10. The maximum Gasteiger partial charge on any atom is 0.407 e. The summed E-state index contributed by atoms with van der Waals surface area (Å²) in [7, 11) is 0. The Morgan fingerprint density at radius 1 is 1.26 bits per heavy atom. The van der Waals surface area contributed by atoms with Crippen LogP contribution in [-0.2, 0) is 4.74 Å². The summed E-state index contributed by atoms with van der Waals surface area (Å²) in [5.41, 5.74) is 5.64. The Morgan fingerprint density at radius 2 is 1.87 bits per heavy atom. The van der Waals surface area contributed by atoms with Crippen LogP contribution < -0.4 is 11.1 Å². The van der Waals surface area contributed by atoms with E-state index in [-0.39, 0.29) is 12.1 Å². The third-order valence-electron chi connectivity index (χ3n) is 3.76. The highest BCUT2D eigenvalue weighted by molar-refractivity contribution is 5.78. The van der Waals surface area contributed by atoms with E-state index in [1.807, 2.05) is 20.8 Å². The van der Waals surface area contributed by atoms with E-state index >= 15 is 0 Å². The number of amides is 1. The van der Waals surface area contributed by atoms with Crippen LogP contribution >= 0.6 is 0 Å². The molecule has 1 amide bonds. The van der Waals surface area contributed by atoms with Crippen LogP contribution in [0.5, 0.6) is 0 Å². The topological polar surface area (TPSA) is 80.0 Å². The van der Waals surface area contributed by atoms with E-state index < -0.39 is 5.60 Å². The summed E-state index contributed by atoms with van der Waals surface area (Å²) >= 11 is 0. The van der Waals surface area contributed by atoms with E-state index in [1.54, 1.807) is 0 Å². The van der Waals surface area contributed by atoms with Gasteiger partial charge in [-0.2, -0.15) is 0 Å². The fourth-order valence-corrected chi connectivity index (χ4v) is 2.64. The van der Waals surface area contributed by atoms with Gasteiger partial charge in [-0.15, -0.1) is 0 Å². The summed E-state index contributed by atoms with van der Waals surface area (Å²) < 4.78 is 5.31. The second-order valence-corrected chi connectivity index (χ2v) is 7.23. The monoisotopic (exact) mass is 326 g/mol. The minimum absolute atomic E-state index is 0.0413. The van der Waals surface area contributed by atoms with Crippen LogP contribution in [0, 0.1) is 0 Å². The summed E-state index contributed by atoms with van der Waals surface area (Å²) in [6, 6.07) is -0.0413. The lowest BCUT2D eigenvalue weighted by atomic mass is 10.1. The molecule has 0 aromatic rings. The lowest BCUT2D eigenvalue weighted by Crippen LogP contribution is -2.42. The Kier molecular flexibility index (Phi) is 8.20. The molecule has 6 heteroatoms. The molecular weight excluding hydrogens is 292 g/mol. The molecule has 1 fully saturated rings. The molecule has 6 nitrogen and oxygen atoms in total. The average molecular weight is 326 g/mol. The number of ether oxygens (including phenoxy) is 1. The van der Waals surface area contributed by atoms with Crippen molar-refractivity contribution in [3.8, 4) is 0 Å². The zero-order valence-electron chi connectivity index (χ0n) is 15.2. The maximum absolute atomic E-state index is 11.9. The van der Waals surface area contributed by atoms with Crippen molar-refractivity contribution in [1.82, 2.24) is 10.2 Å². The molecule has 1 saturated heterocycles. The van der Waals surface area contributed by atoms with Crippen molar-refractivity contribution >= 4 is 12.1 Å². The third kappa shape index (κ3) is 8.67.